The molecule has 170 valence electrons. The minimum absolute atomic E-state index is 0.195. The third-order valence-electron chi connectivity index (χ3n) is 5.17. The largest absolute Gasteiger partial charge is 0.497 e. The zero-order valence-corrected chi connectivity index (χ0v) is 19.5. The maximum Gasteiger partial charge on any atom is 0.148 e. The second-order valence-electron chi connectivity index (χ2n) is 8.01. The summed E-state index contributed by atoms with van der Waals surface area (Å²) in [5, 5.41) is 17.7. The Morgan fingerprint density at radius 3 is 2.19 bits per heavy atom. The normalized spacial score (nSPS) is 11.8. The highest BCUT2D eigenvalue weighted by atomic mass is 16.5. The number of rotatable bonds is 11. The SMILES string of the molecule is CN/C(=C\C(C)(C)NCCNc1cc(-c2ccc(OC)cc2)[nH]n1)c1ccc(OC)cc1. The summed E-state index contributed by atoms with van der Waals surface area (Å²) in [6.07, 6.45) is 2.20. The number of hydrogen-bond donors (Lipinski definition) is 4. The van der Waals surface area contributed by atoms with E-state index in [2.05, 4.69) is 58.2 Å². The van der Waals surface area contributed by atoms with Gasteiger partial charge in [0.1, 0.15) is 17.3 Å². The van der Waals surface area contributed by atoms with Gasteiger partial charge in [-0.15, -0.1) is 0 Å². The van der Waals surface area contributed by atoms with E-state index >= 15 is 0 Å². The van der Waals surface area contributed by atoms with E-state index in [0.717, 1.165) is 52.9 Å². The predicted octanol–water partition coefficient (Wildman–Crippen LogP) is 4.13. The lowest BCUT2D eigenvalue weighted by Gasteiger charge is -2.24. The van der Waals surface area contributed by atoms with Crippen LogP contribution in [0.25, 0.3) is 17.0 Å². The fraction of sp³-hybridized carbons (Fsp3) is 0.320. The molecule has 0 aliphatic carbocycles. The van der Waals surface area contributed by atoms with Crippen LogP contribution < -0.4 is 25.4 Å². The van der Waals surface area contributed by atoms with Crippen molar-refractivity contribution in [3.05, 3.63) is 66.2 Å². The molecule has 7 heteroatoms. The van der Waals surface area contributed by atoms with Crippen LogP contribution in [0.2, 0.25) is 0 Å². The van der Waals surface area contributed by atoms with E-state index in [4.69, 9.17) is 9.47 Å². The smallest absolute Gasteiger partial charge is 0.148 e. The van der Waals surface area contributed by atoms with E-state index in [0.29, 0.717) is 0 Å². The van der Waals surface area contributed by atoms with Gasteiger partial charge < -0.3 is 25.4 Å². The van der Waals surface area contributed by atoms with Gasteiger partial charge in [0, 0.05) is 37.4 Å². The standard InChI is InChI=1S/C25H33N5O2/c1-25(2,17-23(26-3)19-8-12-21(32-5)13-9-19)28-15-14-27-24-16-22(29-30-24)18-6-10-20(31-4)11-7-18/h6-13,16-17,26,28H,14-15H2,1-5H3,(H2,27,29,30)/b23-17-. The second kappa shape index (κ2) is 10.7. The molecule has 4 N–H and O–H groups in total. The summed E-state index contributed by atoms with van der Waals surface area (Å²) in [7, 11) is 5.27. The molecule has 3 aromatic rings. The summed E-state index contributed by atoms with van der Waals surface area (Å²) in [6, 6.07) is 17.9. The van der Waals surface area contributed by atoms with Crippen LogP contribution in [0.1, 0.15) is 19.4 Å². The predicted molar refractivity (Wildman–Crippen MR) is 131 cm³/mol. The maximum atomic E-state index is 5.25. The maximum absolute atomic E-state index is 5.25. The topological polar surface area (TPSA) is 83.2 Å². The van der Waals surface area contributed by atoms with Crippen molar-refractivity contribution in [2.75, 3.05) is 39.7 Å². The fourth-order valence-electron chi connectivity index (χ4n) is 3.39. The zero-order chi connectivity index (χ0) is 23.0. The van der Waals surface area contributed by atoms with Crippen LogP contribution in [0, 0.1) is 0 Å². The first-order valence-electron chi connectivity index (χ1n) is 10.7. The van der Waals surface area contributed by atoms with Crippen LogP contribution in [0.4, 0.5) is 5.82 Å². The number of methoxy groups -OCH3 is 2. The molecule has 3 rings (SSSR count). The average molecular weight is 436 g/mol. The monoisotopic (exact) mass is 435 g/mol. The van der Waals surface area contributed by atoms with E-state index in [1.807, 2.05) is 49.5 Å². The Balaban J connectivity index is 1.52. The van der Waals surface area contributed by atoms with Gasteiger partial charge in [0.15, 0.2) is 0 Å². The van der Waals surface area contributed by atoms with Crippen LogP contribution in [0.3, 0.4) is 0 Å². The van der Waals surface area contributed by atoms with E-state index in [1.165, 1.54) is 0 Å². The third kappa shape index (κ3) is 6.28. The van der Waals surface area contributed by atoms with Gasteiger partial charge in [0.2, 0.25) is 0 Å². The third-order valence-corrected chi connectivity index (χ3v) is 5.17. The molecule has 0 aliphatic rings. The molecule has 0 aliphatic heterocycles. The first-order valence-corrected chi connectivity index (χ1v) is 10.7. The van der Waals surface area contributed by atoms with Crippen LogP contribution in [0.5, 0.6) is 11.5 Å². The Morgan fingerprint density at radius 2 is 1.59 bits per heavy atom. The molecule has 1 aromatic heterocycles. The quantitative estimate of drug-likeness (QED) is 0.339. The van der Waals surface area contributed by atoms with Gasteiger partial charge in [-0.3, -0.25) is 5.10 Å². The van der Waals surface area contributed by atoms with Gasteiger partial charge in [-0.2, -0.15) is 5.10 Å². The Morgan fingerprint density at radius 1 is 0.969 bits per heavy atom. The summed E-state index contributed by atoms with van der Waals surface area (Å²) in [6.45, 7) is 5.85. The molecule has 0 fully saturated rings. The first kappa shape index (κ1) is 23.2. The number of nitrogens with one attached hydrogen (secondary N) is 4. The van der Waals surface area contributed by atoms with Crippen LogP contribution in [0.15, 0.2) is 60.7 Å². The van der Waals surface area contributed by atoms with Crippen molar-refractivity contribution < 1.29 is 9.47 Å². The van der Waals surface area contributed by atoms with E-state index in [1.54, 1.807) is 14.2 Å². The lowest BCUT2D eigenvalue weighted by atomic mass is 10.0. The summed E-state index contributed by atoms with van der Waals surface area (Å²) in [5.74, 6) is 2.50. The molecule has 0 bridgehead atoms. The molecule has 7 nitrogen and oxygen atoms in total. The molecule has 1 heterocycles. The van der Waals surface area contributed by atoms with Crippen LogP contribution in [-0.4, -0.2) is 50.1 Å². The molecule has 0 spiro atoms. The molecule has 0 saturated heterocycles. The van der Waals surface area contributed by atoms with E-state index < -0.39 is 0 Å². The Kier molecular flexibility index (Phi) is 7.78. The number of nitrogens with zero attached hydrogens (tertiary/aromatic N) is 1. The molecule has 2 aromatic carbocycles. The minimum Gasteiger partial charge on any atom is -0.497 e. The lowest BCUT2D eigenvalue weighted by molar-refractivity contribution is 0.414. The molecular formula is C25H33N5O2. The molecule has 0 unspecified atom stereocenters. The lowest BCUT2D eigenvalue weighted by Crippen LogP contribution is -2.40. The van der Waals surface area contributed by atoms with Gasteiger partial charge >= 0.3 is 0 Å². The number of hydrogen-bond acceptors (Lipinski definition) is 6. The molecular weight excluding hydrogens is 402 g/mol. The molecule has 0 atom stereocenters. The number of ether oxygens (including phenoxy) is 2. The highest BCUT2D eigenvalue weighted by Crippen LogP contribution is 2.22. The van der Waals surface area contributed by atoms with Crippen molar-refractivity contribution in [2.24, 2.45) is 0 Å². The second-order valence-corrected chi connectivity index (χ2v) is 8.01. The van der Waals surface area contributed by atoms with Crippen molar-refractivity contribution in [3.63, 3.8) is 0 Å². The Hall–Kier alpha value is -3.45. The van der Waals surface area contributed by atoms with Crippen molar-refractivity contribution in [1.82, 2.24) is 20.8 Å². The fourth-order valence-corrected chi connectivity index (χ4v) is 3.39. The van der Waals surface area contributed by atoms with Crippen molar-refractivity contribution in [2.45, 2.75) is 19.4 Å². The Labute approximate surface area is 190 Å². The van der Waals surface area contributed by atoms with Crippen LogP contribution >= 0.6 is 0 Å². The summed E-state index contributed by atoms with van der Waals surface area (Å²) in [4.78, 5) is 0. The summed E-state index contributed by atoms with van der Waals surface area (Å²) >= 11 is 0. The number of anilines is 1. The minimum atomic E-state index is -0.195. The van der Waals surface area contributed by atoms with E-state index in [-0.39, 0.29) is 5.54 Å². The zero-order valence-electron chi connectivity index (χ0n) is 19.5. The number of benzene rings is 2. The molecule has 0 saturated carbocycles. The number of H-pyrrole nitrogens is 1. The van der Waals surface area contributed by atoms with Gasteiger partial charge in [-0.25, -0.2) is 0 Å². The highest BCUT2D eigenvalue weighted by Gasteiger charge is 2.15. The highest BCUT2D eigenvalue weighted by molar-refractivity contribution is 5.65. The molecule has 0 radical (unpaired) electrons. The van der Waals surface area contributed by atoms with Crippen molar-refractivity contribution in [1.29, 1.82) is 0 Å². The first-order chi connectivity index (χ1) is 15.4. The van der Waals surface area contributed by atoms with Gasteiger partial charge in [-0.05, 0) is 79.6 Å². The summed E-state index contributed by atoms with van der Waals surface area (Å²) < 4.78 is 10.5. The van der Waals surface area contributed by atoms with Crippen molar-refractivity contribution in [3.8, 4) is 22.8 Å². The molecule has 0 amide bonds. The summed E-state index contributed by atoms with van der Waals surface area (Å²) in [5.41, 5.74) is 4.01. The van der Waals surface area contributed by atoms with Gasteiger partial charge in [0.25, 0.3) is 0 Å². The number of aromatic nitrogens is 2. The van der Waals surface area contributed by atoms with Gasteiger partial charge in [0.05, 0.1) is 19.9 Å². The Bertz CT molecular complexity index is 1010. The van der Waals surface area contributed by atoms with E-state index in [9.17, 15) is 0 Å². The van der Waals surface area contributed by atoms with Gasteiger partial charge in [-0.1, -0.05) is 0 Å². The van der Waals surface area contributed by atoms with Crippen LogP contribution in [-0.2, 0) is 0 Å². The number of aromatic amines is 1. The molecule has 32 heavy (non-hydrogen) atoms. The average Bonchev–Trinajstić information content (AvgIpc) is 3.29. The van der Waals surface area contributed by atoms with Crippen molar-refractivity contribution >= 4 is 11.5 Å².